The van der Waals surface area contributed by atoms with Gasteiger partial charge in [-0.25, -0.2) is 4.79 Å². The van der Waals surface area contributed by atoms with Crippen molar-refractivity contribution in [3.05, 3.63) is 96.2 Å². The molecule has 1 heterocycles. The summed E-state index contributed by atoms with van der Waals surface area (Å²) in [6.07, 6.45) is 2.48. The van der Waals surface area contributed by atoms with Crippen LogP contribution in [0.4, 0.5) is 0 Å². The van der Waals surface area contributed by atoms with Gasteiger partial charge in [0.25, 0.3) is 0 Å². The first-order valence-corrected chi connectivity index (χ1v) is 10.5. The van der Waals surface area contributed by atoms with Crippen LogP contribution in [0.5, 0.6) is 11.5 Å². The molecular formula is C26H24N2O4. The first-order chi connectivity index (χ1) is 15.7. The zero-order valence-corrected chi connectivity index (χ0v) is 17.8. The number of hydrogen-bond acceptors (Lipinski definition) is 4. The van der Waals surface area contributed by atoms with Crippen molar-refractivity contribution >= 4 is 22.6 Å². The maximum absolute atomic E-state index is 11.7. The Morgan fingerprint density at radius 3 is 2.50 bits per heavy atom. The van der Waals surface area contributed by atoms with E-state index in [1.807, 2.05) is 90.4 Å². The van der Waals surface area contributed by atoms with Crippen LogP contribution >= 0.6 is 0 Å². The molecule has 0 spiro atoms. The highest BCUT2D eigenvalue weighted by atomic mass is 16.6. The maximum Gasteiger partial charge on any atom is 0.337 e. The lowest BCUT2D eigenvalue weighted by molar-refractivity contribution is 0.0699. The van der Waals surface area contributed by atoms with Crippen molar-refractivity contribution in [3.63, 3.8) is 0 Å². The number of oxime groups is 1. The molecule has 0 aliphatic rings. The van der Waals surface area contributed by atoms with Crippen molar-refractivity contribution in [1.29, 1.82) is 0 Å². The minimum atomic E-state index is -0.959. The molecule has 6 heteroatoms. The van der Waals surface area contributed by atoms with Crippen LogP contribution in [0.3, 0.4) is 0 Å². The fourth-order valence-corrected chi connectivity index (χ4v) is 3.46. The first kappa shape index (κ1) is 21.2. The average molecular weight is 428 g/mol. The minimum absolute atomic E-state index is 0.260. The van der Waals surface area contributed by atoms with Crippen molar-refractivity contribution in [1.82, 2.24) is 4.57 Å². The summed E-state index contributed by atoms with van der Waals surface area (Å²) < 4.78 is 7.86. The Bertz CT molecular complexity index is 1250. The third-order valence-electron chi connectivity index (χ3n) is 4.96. The van der Waals surface area contributed by atoms with E-state index in [-0.39, 0.29) is 5.56 Å². The predicted molar refractivity (Wildman–Crippen MR) is 125 cm³/mol. The molecule has 0 aliphatic carbocycles. The molecule has 32 heavy (non-hydrogen) atoms. The molecule has 4 rings (SSSR count). The number of rotatable bonds is 9. The van der Waals surface area contributed by atoms with Crippen molar-refractivity contribution in [3.8, 4) is 11.5 Å². The highest BCUT2D eigenvalue weighted by molar-refractivity contribution is 6.05. The number of para-hydroxylation sites is 2. The van der Waals surface area contributed by atoms with E-state index in [2.05, 4.69) is 5.16 Å². The Morgan fingerprint density at radius 2 is 1.72 bits per heavy atom. The van der Waals surface area contributed by atoms with Gasteiger partial charge in [0.1, 0.15) is 23.8 Å². The van der Waals surface area contributed by atoms with Gasteiger partial charge in [-0.05, 0) is 36.8 Å². The largest absolute Gasteiger partial charge is 0.478 e. The zero-order valence-electron chi connectivity index (χ0n) is 17.8. The zero-order chi connectivity index (χ0) is 22.3. The van der Waals surface area contributed by atoms with Crippen LogP contribution in [0.1, 0.15) is 29.3 Å². The molecule has 1 N–H and O–H groups in total. The summed E-state index contributed by atoms with van der Waals surface area (Å²) in [4.78, 5) is 17.2. The van der Waals surface area contributed by atoms with E-state index >= 15 is 0 Å². The number of fused-ring (bicyclic) bond motifs is 1. The SMILES string of the molecule is CCCON=C(Cn1cc(C(=O)O)c2ccccc21)c1cccc(Oc2ccccc2)c1. The molecule has 0 bridgehead atoms. The number of ether oxygens (including phenoxy) is 1. The standard InChI is InChI=1S/C26H24N2O4/c1-2-15-31-27-24(18-28-17-23(26(29)30)22-13-6-7-14-25(22)28)19-9-8-12-21(16-19)32-20-10-4-3-5-11-20/h3-14,16-17H,2,15,18H2,1H3,(H,29,30). The summed E-state index contributed by atoms with van der Waals surface area (Å²) >= 11 is 0. The second kappa shape index (κ2) is 9.83. The Morgan fingerprint density at radius 1 is 0.969 bits per heavy atom. The van der Waals surface area contributed by atoms with Crippen molar-refractivity contribution in [2.45, 2.75) is 19.9 Å². The molecule has 0 fully saturated rings. The molecule has 4 aromatic rings. The summed E-state index contributed by atoms with van der Waals surface area (Å²) in [5, 5.41) is 14.7. The van der Waals surface area contributed by atoms with E-state index in [4.69, 9.17) is 9.57 Å². The fourth-order valence-electron chi connectivity index (χ4n) is 3.46. The topological polar surface area (TPSA) is 73.1 Å². The van der Waals surface area contributed by atoms with E-state index < -0.39 is 5.97 Å². The molecule has 0 saturated heterocycles. The fraction of sp³-hybridized carbons (Fsp3) is 0.154. The van der Waals surface area contributed by atoms with Gasteiger partial charge >= 0.3 is 5.97 Å². The normalized spacial score (nSPS) is 11.5. The first-order valence-electron chi connectivity index (χ1n) is 10.5. The second-order valence-electron chi connectivity index (χ2n) is 7.31. The van der Waals surface area contributed by atoms with E-state index in [9.17, 15) is 9.90 Å². The third-order valence-corrected chi connectivity index (χ3v) is 4.96. The van der Waals surface area contributed by atoms with Crippen LogP contribution in [-0.4, -0.2) is 28.0 Å². The van der Waals surface area contributed by atoms with Gasteiger partial charge in [-0.3, -0.25) is 0 Å². The van der Waals surface area contributed by atoms with Gasteiger partial charge < -0.3 is 19.2 Å². The number of carboxylic acid groups (broad SMARTS) is 1. The highest BCUT2D eigenvalue weighted by Crippen LogP contribution is 2.25. The van der Waals surface area contributed by atoms with Gasteiger partial charge in [-0.2, -0.15) is 0 Å². The average Bonchev–Trinajstić information content (AvgIpc) is 3.18. The third kappa shape index (κ3) is 4.81. The smallest absolute Gasteiger partial charge is 0.337 e. The number of carboxylic acids is 1. The number of hydrogen-bond donors (Lipinski definition) is 1. The molecule has 0 aliphatic heterocycles. The molecule has 162 valence electrons. The van der Waals surface area contributed by atoms with Gasteiger partial charge in [0.2, 0.25) is 0 Å². The molecule has 0 saturated carbocycles. The molecular weight excluding hydrogens is 404 g/mol. The van der Waals surface area contributed by atoms with Crippen molar-refractivity contribution in [2.75, 3.05) is 6.61 Å². The molecule has 0 atom stereocenters. The van der Waals surface area contributed by atoms with Crippen LogP contribution in [0, 0.1) is 0 Å². The number of carbonyl (C=O) groups is 1. The van der Waals surface area contributed by atoms with Crippen LogP contribution < -0.4 is 4.74 Å². The quantitative estimate of drug-likeness (QED) is 0.203. The van der Waals surface area contributed by atoms with Crippen LogP contribution in [0.25, 0.3) is 10.9 Å². The van der Waals surface area contributed by atoms with Crippen molar-refractivity contribution in [2.24, 2.45) is 5.16 Å². The Kier molecular flexibility index (Phi) is 6.51. The maximum atomic E-state index is 11.7. The monoisotopic (exact) mass is 428 g/mol. The second-order valence-corrected chi connectivity index (χ2v) is 7.31. The van der Waals surface area contributed by atoms with E-state index in [0.717, 1.165) is 23.3 Å². The van der Waals surface area contributed by atoms with Gasteiger partial charge in [0.05, 0.1) is 12.1 Å². The lowest BCUT2D eigenvalue weighted by Gasteiger charge is -2.12. The van der Waals surface area contributed by atoms with Crippen LogP contribution in [0.15, 0.2) is 90.2 Å². The van der Waals surface area contributed by atoms with Crippen molar-refractivity contribution < 1.29 is 19.5 Å². The lowest BCUT2D eigenvalue weighted by Crippen LogP contribution is -2.12. The minimum Gasteiger partial charge on any atom is -0.478 e. The Balaban J connectivity index is 1.69. The summed E-state index contributed by atoms with van der Waals surface area (Å²) in [5.41, 5.74) is 2.60. The van der Waals surface area contributed by atoms with E-state index in [0.29, 0.717) is 30.0 Å². The number of nitrogens with zero attached hydrogens (tertiary/aromatic N) is 2. The van der Waals surface area contributed by atoms with Crippen LogP contribution in [0.2, 0.25) is 0 Å². The molecule has 0 amide bonds. The molecule has 3 aromatic carbocycles. The number of benzene rings is 3. The summed E-state index contributed by atoms with van der Waals surface area (Å²) in [7, 11) is 0. The van der Waals surface area contributed by atoms with Gasteiger partial charge in [0, 0.05) is 22.7 Å². The number of aromatic nitrogens is 1. The summed E-state index contributed by atoms with van der Waals surface area (Å²) in [5.74, 6) is 0.465. The number of aromatic carboxylic acids is 1. The lowest BCUT2D eigenvalue weighted by atomic mass is 10.1. The Hall–Kier alpha value is -4.06. The predicted octanol–water partition coefficient (Wildman–Crippen LogP) is 5.96. The highest BCUT2D eigenvalue weighted by Gasteiger charge is 2.16. The summed E-state index contributed by atoms with van der Waals surface area (Å²) in [6, 6.07) is 24.6. The van der Waals surface area contributed by atoms with Gasteiger partial charge in [-0.15, -0.1) is 0 Å². The Labute approximate surface area is 186 Å². The molecule has 0 unspecified atom stereocenters. The molecule has 6 nitrogen and oxygen atoms in total. The van der Waals surface area contributed by atoms with E-state index in [1.165, 1.54) is 0 Å². The van der Waals surface area contributed by atoms with Gasteiger partial charge in [-0.1, -0.05) is 60.6 Å². The summed E-state index contributed by atoms with van der Waals surface area (Å²) in [6.45, 7) is 2.87. The van der Waals surface area contributed by atoms with E-state index in [1.54, 1.807) is 6.20 Å². The van der Waals surface area contributed by atoms with Gasteiger partial charge in [0.15, 0.2) is 0 Å². The van der Waals surface area contributed by atoms with Crippen LogP contribution in [-0.2, 0) is 11.4 Å². The molecule has 1 aromatic heterocycles. The molecule has 0 radical (unpaired) electrons.